The molecule has 0 aliphatic heterocycles. The van der Waals surface area contributed by atoms with E-state index >= 15 is 0 Å². The lowest BCUT2D eigenvalue weighted by Gasteiger charge is -2.16. The third-order valence-corrected chi connectivity index (χ3v) is 6.15. The normalized spacial score (nSPS) is 18.8. The van der Waals surface area contributed by atoms with Crippen molar-refractivity contribution in [2.24, 2.45) is 18.0 Å². The van der Waals surface area contributed by atoms with Crippen LogP contribution in [0.1, 0.15) is 61.8 Å². The van der Waals surface area contributed by atoms with E-state index in [-0.39, 0.29) is 11.3 Å². The topological polar surface area (TPSA) is 54.2 Å². The molecule has 1 saturated carbocycles. The molecule has 5 nitrogen and oxygen atoms in total. The number of benzene rings is 2. The summed E-state index contributed by atoms with van der Waals surface area (Å²) in [6.45, 7) is 2.24. The summed E-state index contributed by atoms with van der Waals surface area (Å²) in [5.41, 5.74) is 8.90. The Morgan fingerprint density at radius 2 is 1.88 bits per heavy atom. The number of hydrogen-bond acceptors (Lipinski definition) is 3. The smallest absolute Gasteiger partial charge is 0.282 e. The van der Waals surface area contributed by atoms with Gasteiger partial charge in [0.15, 0.2) is 5.84 Å². The minimum absolute atomic E-state index is 0.276. The standard InChI is InChI=1S/C25H29F2N5/c1-3-17-13-14-18(15-17)20-11-7-8-12-22(20)28-25(30-29-19-9-5-4-6-10-19)21-16-32(2)31-23(21)24(26)27/h4-12,16-18,24,29H,3,13-15H2,1-2H3,(H,28,30). The predicted molar refractivity (Wildman–Crippen MR) is 124 cm³/mol. The molecule has 0 bridgehead atoms. The molecule has 4 rings (SSSR count). The van der Waals surface area contributed by atoms with E-state index < -0.39 is 6.43 Å². The van der Waals surface area contributed by atoms with E-state index in [1.807, 2.05) is 48.5 Å². The Morgan fingerprint density at radius 1 is 1.12 bits per heavy atom. The summed E-state index contributed by atoms with van der Waals surface area (Å²) >= 11 is 0. The fourth-order valence-corrected chi connectivity index (χ4v) is 4.44. The molecule has 1 aromatic heterocycles. The Labute approximate surface area is 187 Å². The Hall–Kier alpha value is -3.22. The number of nitrogens with one attached hydrogen (secondary N) is 2. The number of aliphatic imine (C=N–C) groups is 1. The van der Waals surface area contributed by atoms with Gasteiger partial charge < -0.3 is 0 Å². The maximum atomic E-state index is 13.7. The van der Waals surface area contributed by atoms with Gasteiger partial charge in [-0.2, -0.15) is 5.10 Å². The van der Waals surface area contributed by atoms with Crippen LogP contribution in [0.15, 0.2) is 65.8 Å². The van der Waals surface area contributed by atoms with Gasteiger partial charge in [0.1, 0.15) is 5.69 Å². The molecule has 32 heavy (non-hydrogen) atoms. The molecule has 0 radical (unpaired) electrons. The van der Waals surface area contributed by atoms with E-state index in [1.165, 1.54) is 23.1 Å². The van der Waals surface area contributed by atoms with Crippen LogP contribution in [0, 0.1) is 5.92 Å². The van der Waals surface area contributed by atoms with E-state index in [0.29, 0.717) is 11.8 Å². The number of hydrazine groups is 1. The number of hydrogen-bond donors (Lipinski definition) is 2. The molecule has 2 aromatic carbocycles. The highest BCUT2D eigenvalue weighted by Gasteiger charge is 2.27. The lowest BCUT2D eigenvalue weighted by molar-refractivity contribution is 0.145. The number of rotatable bonds is 7. The number of para-hydroxylation sites is 2. The molecule has 1 fully saturated rings. The Bertz CT molecular complexity index is 1060. The molecule has 2 atom stereocenters. The summed E-state index contributed by atoms with van der Waals surface area (Å²) in [5, 5.41) is 3.97. The van der Waals surface area contributed by atoms with Gasteiger partial charge in [0.05, 0.1) is 16.9 Å². The van der Waals surface area contributed by atoms with E-state index in [2.05, 4.69) is 28.9 Å². The Kier molecular flexibility index (Phi) is 6.83. The minimum Gasteiger partial charge on any atom is -0.300 e. The third-order valence-electron chi connectivity index (χ3n) is 6.15. The zero-order valence-electron chi connectivity index (χ0n) is 18.4. The van der Waals surface area contributed by atoms with Crippen LogP contribution in [0.5, 0.6) is 0 Å². The van der Waals surface area contributed by atoms with Gasteiger partial charge in [-0.25, -0.2) is 13.8 Å². The largest absolute Gasteiger partial charge is 0.300 e. The van der Waals surface area contributed by atoms with Gasteiger partial charge in [0.2, 0.25) is 0 Å². The van der Waals surface area contributed by atoms with Gasteiger partial charge in [-0.15, -0.1) is 0 Å². The van der Waals surface area contributed by atoms with Gasteiger partial charge in [-0.05, 0) is 54.9 Å². The van der Waals surface area contributed by atoms with E-state index in [1.54, 1.807) is 13.2 Å². The van der Waals surface area contributed by atoms with Gasteiger partial charge in [0.25, 0.3) is 6.43 Å². The molecule has 0 spiro atoms. The van der Waals surface area contributed by atoms with Gasteiger partial charge in [0, 0.05) is 13.2 Å². The molecule has 168 valence electrons. The predicted octanol–water partition coefficient (Wildman–Crippen LogP) is 6.35. The zero-order chi connectivity index (χ0) is 22.5. The van der Waals surface area contributed by atoms with E-state index in [0.717, 1.165) is 30.1 Å². The highest BCUT2D eigenvalue weighted by molar-refractivity contribution is 6.02. The first-order valence-electron chi connectivity index (χ1n) is 11.1. The number of aryl methyl sites for hydroxylation is 1. The van der Waals surface area contributed by atoms with Crippen LogP contribution in [0.3, 0.4) is 0 Å². The highest BCUT2D eigenvalue weighted by Crippen LogP contribution is 2.43. The lowest BCUT2D eigenvalue weighted by atomic mass is 9.94. The monoisotopic (exact) mass is 437 g/mol. The first kappa shape index (κ1) is 22.0. The number of nitrogens with zero attached hydrogens (tertiary/aromatic N) is 3. The summed E-state index contributed by atoms with van der Waals surface area (Å²) in [4.78, 5) is 4.85. The number of alkyl halides is 2. The van der Waals surface area contributed by atoms with Crippen molar-refractivity contribution in [1.82, 2.24) is 15.2 Å². The van der Waals surface area contributed by atoms with Crippen molar-refractivity contribution in [2.45, 2.75) is 45.0 Å². The fourth-order valence-electron chi connectivity index (χ4n) is 4.44. The van der Waals surface area contributed by atoms with E-state index in [4.69, 9.17) is 4.99 Å². The summed E-state index contributed by atoms with van der Waals surface area (Å²) < 4.78 is 28.9. The van der Waals surface area contributed by atoms with Crippen LogP contribution in [0.4, 0.5) is 20.2 Å². The molecular weight excluding hydrogens is 408 g/mol. The maximum Gasteiger partial charge on any atom is 0.282 e. The van der Waals surface area contributed by atoms with Crippen LogP contribution in [0.25, 0.3) is 0 Å². The number of anilines is 1. The Morgan fingerprint density at radius 3 is 2.59 bits per heavy atom. The van der Waals surface area contributed by atoms with Gasteiger partial charge in [-0.3, -0.25) is 15.5 Å². The van der Waals surface area contributed by atoms with Crippen LogP contribution in [0.2, 0.25) is 0 Å². The molecule has 3 aromatic rings. The number of halogens is 2. The highest BCUT2D eigenvalue weighted by atomic mass is 19.3. The van der Waals surface area contributed by atoms with Crippen LogP contribution >= 0.6 is 0 Å². The molecule has 1 heterocycles. The van der Waals surface area contributed by atoms with Gasteiger partial charge >= 0.3 is 0 Å². The third kappa shape index (κ3) is 4.98. The van der Waals surface area contributed by atoms with Crippen LogP contribution in [-0.2, 0) is 7.05 Å². The minimum atomic E-state index is -2.70. The van der Waals surface area contributed by atoms with Crippen LogP contribution in [-0.4, -0.2) is 15.6 Å². The van der Waals surface area contributed by atoms with Crippen molar-refractivity contribution in [3.05, 3.63) is 77.6 Å². The quantitative estimate of drug-likeness (QED) is 0.257. The fraction of sp³-hybridized carbons (Fsp3) is 0.360. The van der Waals surface area contributed by atoms with Crippen molar-refractivity contribution in [3.8, 4) is 0 Å². The van der Waals surface area contributed by atoms with E-state index in [9.17, 15) is 8.78 Å². The summed E-state index contributed by atoms with van der Waals surface area (Å²) in [6, 6.07) is 17.5. The number of aromatic nitrogens is 2. The maximum absolute atomic E-state index is 13.7. The second-order valence-corrected chi connectivity index (χ2v) is 8.32. The first-order chi connectivity index (χ1) is 15.5. The lowest BCUT2D eigenvalue weighted by Crippen LogP contribution is -2.30. The Balaban J connectivity index is 1.72. The average Bonchev–Trinajstić information content (AvgIpc) is 3.44. The second-order valence-electron chi connectivity index (χ2n) is 8.32. The molecule has 2 N–H and O–H groups in total. The molecule has 2 unspecified atom stereocenters. The SMILES string of the molecule is CCC1CCC(c2ccccc2N=C(NNc2ccccc2)c2cn(C)nc2C(F)F)C1. The summed E-state index contributed by atoms with van der Waals surface area (Å²) in [5.74, 6) is 1.49. The summed E-state index contributed by atoms with van der Waals surface area (Å²) in [6.07, 6.45) is 3.55. The van der Waals surface area contributed by atoms with Gasteiger partial charge in [-0.1, -0.05) is 49.7 Å². The van der Waals surface area contributed by atoms with Crippen molar-refractivity contribution < 1.29 is 8.78 Å². The zero-order valence-corrected chi connectivity index (χ0v) is 18.4. The van der Waals surface area contributed by atoms with Crippen molar-refractivity contribution in [3.63, 3.8) is 0 Å². The van der Waals surface area contributed by atoms with Crippen molar-refractivity contribution >= 4 is 17.2 Å². The molecule has 1 aliphatic carbocycles. The van der Waals surface area contributed by atoms with Crippen LogP contribution < -0.4 is 10.9 Å². The molecule has 0 saturated heterocycles. The van der Waals surface area contributed by atoms with Crippen molar-refractivity contribution in [2.75, 3.05) is 5.43 Å². The molecular formula is C25H29F2N5. The molecule has 0 amide bonds. The first-order valence-corrected chi connectivity index (χ1v) is 11.1. The number of amidine groups is 1. The summed E-state index contributed by atoms with van der Waals surface area (Å²) in [7, 11) is 1.63. The average molecular weight is 438 g/mol. The van der Waals surface area contributed by atoms with Crippen molar-refractivity contribution in [1.29, 1.82) is 0 Å². The molecule has 7 heteroatoms. The molecule has 1 aliphatic rings. The second kappa shape index (κ2) is 9.94.